The van der Waals surface area contributed by atoms with Crippen LogP contribution >= 0.6 is 0 Å². The van der Waals surface area contributed by atoms with Crippen LogP contribution in [-0.2, 0) is 0 Å². The highest BCUT2D eigenvalue weighted by Gasteiger charge is 2.29. The Balaban J connectivity index is 2.14. The fraction of sp³-hybridized carbons (Fsp3) is 0.167. The molecule has 1 aromatic heterocycles. The van der Waals surface area contributed by atoms with Crippen LogP contribution in [0.1, 0.15) is 5.69 Å². The maximum absolute atomic E-state index is 9.91. The van der Waals surface area contributed by atoms with E-state index in [9.17, 15) is 5.21 Å². The predicted octanol–water partition coefficient (Wildman–Crippen LogP) is 1.24. The standard InChI is InChI=1S/C12H12N4O/c1-15-7-9(10-4-5-13-8-14-10)12-11(15)3-2-6-16(12)17/h2-6,8,17H,7H2,1H3. The number of rotatable bonds is 1. The first kappa shape index (κ1) is 10.0. The molecular formula is C12H12N4O. The van der Waals surface area contributed by atoms with Crippen molar-refractivity contribution >= 4 is 5.57 Å². The Morgan fingerprint density at radius 1 is 1.41 bits per heavy atom. The Labute approximate surface area is 99.0 Å². The molecule has 0 fully saturated rings. The molecule has 2 aliphatic heterocycles. The van der Waals surface area contributed by atoms with Crippen LogP contribution in [0.2, 0.25) is 0 Å². The van der Waals surface area contributed by atoms with Crippen molar-refractivity contribution in [3.05, 3.63) is 54.0 Å². The van der Waals surface area contributed by atoms with Crippen LogP contribution in [0.15, 0.2) is 48.3 Å². The van der Waals surface area contributed by atoms with Gasteiger partial charge in [-0.2, -0.15) is 0 Å². The zero-order valence-electron chi connectivity index (χ0n) is 9.41. The molecule has 0 saturated carbocycles. The van der Waals surface area contributed by atoms with Gasteiger partial charge in [-0.1, -0.05) is 0 Å². The number of nitrogens with zero attached hydrogens (tertiary/aromatic N) is 4. The van der Waals surface area contributed by atoms with Crippen molar-refractivity contribution < 1.29 is 5.21 Å². The van der Waals surface area contributed by atoms with Gasteiger partial charge in [0.1, 0.15) is 6.33 Å². The Hall–Kier alpha value is -2.14. The fourth-order valence-electron chi connectivity index (χ4n) is 2.16. The minimum atomic E-state index is 0.733. The van der Waals surface area contributed by atoms with Gasteiger partial charge in [0, 0.05) is 31.6 Å². The van der Waals surface area contributed by atoms with Gasteiger partial charge >= 0.3 is 0 Å². The first-order chi connectivity index (χ1) is 8.27. The van der Waals surface area contributed by atoms with Gasteiger partial charge in [0.05, 0.1) is 17.1 Å². The smallest absolute Gasteiger partial charge is 0.116 e. The summed E-state index contributed by atoms with van der Waals surface area (Å²) < 4.78 is 0. The zero-order chi connectivity index (χ0) is 11.8. The summed E-state index contributed by atoms with van der Waals surface area (Å²) in [5.74, 6) is 0. The van der Waals surface area contributed by atoms with Gasteiger partial charge in [-0.05, 0) is 18.2 Å². The third kappa shape index (κ3) is 1.52. The van der Waals surface area contributed by atoms with Crippen LogP contribution in [0.25, 0.3) is 5.57 Å². The molecule has 86 valence electrons. The van der Waals surface area contributed by atoms with Gasteiger partial charge in [0.15, 0.2) is 0 Å². The van der Waals surface area contributed by atoms with Crippen molar-refractivity contribution in [2.24, 2.45) is 0 Å². The zero-order valence-corrected chi connectivity index (χ0v) is 9.41. The first-order valence-electron chi connectivity index (χ1n) is 5.35. The largest absolute Gasteiger partial charge is 0.368 e. The third-order valence-corrected chi connectivity index (χ3v) is 2.94. The van der Waals surface area contributed by atoms with Crippen molar-refractivity contribution in [1.82, 2.24) is 19.9 Å². The molecule has 0 aliphatic carbocycles. The monoisotopic (exact) mass is 228 g/mol. The highest BCUT2D eigenvalue weighted by atomic mass is 16.5. The molecule has 1 aromatic rings. The molecule has 5 nitrogen and oxygen atoms in total. The number of aromatic nitrogens is 2. The highest BCUT2D eigenvalue weighted by Crippen LogP contribution is 2.35. The Bertz CT molecular complexity index is 533. The fourth-order valence-corrected chi connectivity index (χ4v) is 2.16. The molecular weight excluding hydrogens is 216 g/mol. The second kappa shape index (κ2) is 3.71. The number of fused-ring (bicyclic) bond motifs is 1. The quantitative estimate of drug-likeness (QED) is 0.783. The lowest BCUT2D eigenvalue weighted by molar-refractivity contribution is -0.00244. The summed E-state index contributed by atoms with van der Waals surface area (Å²) in [5.41, 5.74) is 3.66. The minimum Gasteiger partial charge on any atom is -0.368 e. The van der Waals surface area contributed by atoms with Crippen molar-refractivity contribution in [2.45, 2.75) is 0 Å². The Morgan fingerprint density at radius 2 is 2.29 bits per heavy atom. The molecule has 0 unspecified atom stereocenters. The van der Waals surface area contributed by atoms with Gasteiger partial charge in [-0.15, -0.1) is 0 Å². The Kier molecular flexibility index (Phi) is 2.19. The van der Waals surface area contributed by atoms with Gasteiger partial charge in [-0.3, -0.25) is 5.21 Å². The van der Waals surface area contributed by atoms with E-state index in [1.807, 2.05) is 25.3 Å². The lowest BCUT2D eigenvalue weighted by atomic mass is 10.1. The summed E-state index contributed by atoms with van der Waals surface area (Å²) in [6.07, 6.45) is 8.65. The molecule has 3 rings (SSSR count). The van der Waals surface area contributed by atoms with E-state index in [-0.39, 0.29) is 0 Å². The second-order valence-corrected chi connectivity index (χ2v) is 4.02. The van der Waals surface area contributed by atoms with E-state index >= 15 is 0 Å². The normalized spacial score (nSPS) is 18.6. The van der Waals surface area contributed by atoms with Gasteiger partial charge in [0.25, 0.3) is 0 Å². The molecule has 1 N–H and O–H groups in total. The van der Waals surface area contributed by atoms with Gasteiger partial charge in [-0.25, -0.2) is 15.0 Å². The van der Waals surface area contributed by atoms with Crippen molar-refractivity contribution in [3.8, 4) is 0 Å². The number of likely N-dealkylation sites (N-methyl/N-ethyl adjacent to an activating group) is 1. The lowest BCUT2D eigenvalue weighted by Crippen LogP contribution is -2.19. The highest BCUT2D eigenvalue weighted by molar-refractivity contribution is 5.75. The molecule has 0 amide bonds. The maximum atomic E-state index is 9.91. The molecule has 0 bridgehead atoms. The van der Waals surface area contributed by atoms with E-state index in [1.54, 1.807) is 12.4 Å². The number of hydrogen-bond donors (Lipinski definition) is 1. The maximum Gasteiger partial charge on any atom is 0.116 e. The van der Waals surface area contributed by atoms with Crippen molar-refractivity contribution in [2.75, 3.05) is 13.6 Å². The van der Waals surface area contributed by atoms with Crippen LogP contribution in [-0.4, -0.2) is 38.7 Å². The van der Waals surface area contributed by atoms with Gasteiger partial charge in [0.2, 0.25) is 0 Å². The summed E-state index contributed by atoms with van der Waals surface area (Å²) >= 11 is 0. The summed E-state index contributed by atoms with van der Waals surface area (Å²) in [6, 6.07) is 1.85. The molecule has 17 heavy (non-hydrogen) atoms. The third-order valence-electron chi connectivity index (χ3n) is 2.94. The minimum absolute atomic E-state index is 0.733. The molecule has 0 atom stereocenters. The van der Waals surface area contributed by atoms with E-state index in [0.717, 1.165) is 34.3 Å². The summed E-state index contributed by atoms with van der Waals surface area (Å²) in [7, 11) is 1.99. The molecule has 5 heteroatoms. The van der Waals surface area contributed by atoms with E-state index in [0.29, 0.717) is 0 Å². The average molecular weight is 228 g/mol. The van der Waals surface area contributed by atoms with E-state index in [4.69, 9.17) is 0 Å². The van der Waals surface area contributed by atoms with Crippen LogP contribution in [0.3, 0.4) is 0 Å². The van der Waals surface area contributed by atoms with Crippen LogP contribution in [0.4, 0.5) is 0 Å². The number of allylic oxidation sites excluding steroid dienone is 2. The first-order valence-corrected chi connectivity index (χ1v) is 5.35. The second-order valence-electron chi connectivity index (χ2n) is 4.02. The SMILES string of the molecule is CN1CC(c2ccncn2)=C2C1=CC=CN2O. The molecule has 0 radical (unpaired) electrons. The van der Waals surface area contributed by atoms with Gasteiger partial charge < -0.3 is 4.90 Å². The topological polar surface area (TPSA) is 52.5 Å². The molecule has 3 heterocycles. The Morgan fingerprint density at radius 3 is 3.06 bits per heavy atom. The number of hydroxylamine groups is 2. The van der Waals surface area contributed by atoms with Crippen molar-refractivity contribution in [1.29, 1.82) is 0 Å². The number of hydrogen-bond acceptors (Lipinski definition) is 5. The molecule has 2 aliphatic rings. The van der Waals surface area contributed by atoms with E-state index in [1.165, 1.54) is 6.33 Å². The van der Waals surface area contributed by atoms with E-state index in [2.05, 4.69) is 14.9 Å². The summed E-state index contributed by atoms with van der Waals surface area (Å²) in [6.45, 7) is 0.733. The average Bonchev–Trinajstić information content (AvgIpc) is 2.70. The molecule has 0 aromatic carbocycles. The molecule has 0 spiro atoms. The van der Waals surface area contributed by atoms with Crippen LogP contribution < -0.4 is 0 Å². The van der Waals surface area contributed by atoms with Crippen molar-refractivity contribution in [3.63, 3.8) is 0 Å². The summed E-state index contributed by atoms with van der Waals surface area (Å²) in [4.78, 5) is 10.2. The summed E-state index contributed by atoms with van der Waals surface area (Å²) in [5, 5.41) is 11.1. The lowest BCUT2D eigenvalue weighted by Gasteiger charge is -2.22. The molecule has 0 saturated heterocycles. The van der Waals surface area contributed by atoms with Crippen LogP contribution in [0.5, 0.6) is 0 Å². The van der Waals surface area contributed by atoms with E-state index < -0.39 is 0 Å². The predicted molar refractivity (Wildman–Crippen MR) is 62.4 cm³/mol. The van der Waals surface area contributed by atoms with Crippen LogP contribution in [0, 0.1) is 0 Å².